The summed E-state index contributed by atoms with van der Waals surface area (Å²) < 4.78 is 7.26. The van der Waals surface area contributed by atoms with Crippen LogP contribution in [-0.2, 0) is 6.54 Å². The van der Waals surface area contributed by atoms with Gasteiger partial charge in [-0.15, -0.1) is 5.10 Å². The Kier molecular flexibility index (Phi) is 4.38. The zero-order chi connectivity index (χ0) is 17.1. The van der Waals surface area contributed by atoms with Gasteiger partial charge in [-0.25, -0.2) is 4.79 Å². The molecule has 0 amide bonds. The second kappa shape index (κ2) is 6.62. The van der Waals surface area contributed by atoms with E-state index in [2.05, 4.69) is 26.1 Å². The number of benzene rings is 1. The van der Waals surface area contributed by atoms with E-state index in [1.807, 2.05) is 24.3 Å². The number of hydrogen-bond donors (Lipinski definition) is 0. The molecule has 0 aliphatic rings. The summed E-state index contributed by atoms with van der Waals surface area (Å²) in [5.74, 6) is -0.249. The van der Waals surface area contributed by atoms with Crippen molar-refractivity contribution in [3.63, 3.8) is 0 Å². The Morgan fingerprint density at radius 1 is 1.29 bits per heavy atom. The van der Waals surface area contributed by atoms with Crippen molar-refractivity contribution in [3.8, 4) is 0 Å². The molecule has 10 heteroatoms. The third-order valence-corrected chi connectivity index (χ3v) is 3.60. The average Bonchev–Trinajstić information content (AvgIpc) is 3.16. The molecule has 9 nitrogen and oxygen atoms in total. The van der Waals surface area contributed by atoms with Gasteiger partial charge in [-0.3, -0.25) is 14.7 Å². The first-order valence-electron chi connectivity index (χ1n) is 6.70. The average molecular weight is 392 g/mol. The zero-order valence-corrected chi connectivity index (χ0v) is 13.7. The Hall–Kier alpha value is -3.01. The molecule has 2 aromatic heterocycles. The van der Waals surface area contributed by atoms with Gasteiger partial charge in [0.25, 0.3) is 0 Å². The molecular formula is C14H10BrN5O4. The van der Waals surface area contributed by atoms with Gasteiger partial charge >= 0.3 is 11.6 Å². The van der Waals surface area contributed by atoms with Crippen molar-refractivity contribution in [2.75, 3.05) is 0 Å². The summed E-state index contributed by atoms with van der Waals surface area (Å²) in [6.07, 6.45) is 2.55. The first-order valence-corrected chi connectivity index (χ1v) is 7.50. The summed E-state index contributed by atoms with van der Waals surface area (Å²) >= 11 is 3.35. The topological polar surface area (TPSA) is 108 Å². The number of nitro groups is 1. The van der Waals surface area contributed by atoms with E-state index in [0.29, 0.717) is 6.54 Å². The van der Waals surface area contributed by atoms with Gasteiger partial charge in [-0.1, -0.05) is 32.9 Å². The predicted molar refractivity (Wildman–Crippen MR) is 88.1 cm³/mol. The summed E-state index contributed by atoms with van der Waals surface area (Å²) in [6.45, 7) is 0.355. The van der Waals surface area contributed by atoms with Crippen molar-refractivity contribution in [2.45, 2.75) is 6.54 Å². The van der Waals surface area contributed by atoms with Crippen LogP contribution in [0.25, 0.3) is 0 Å². The van der Waals surface area contributed by atoms with Crippen LogP contribution in [0.2, 0.25) is 0 Å². The number of nitrogens with zero attached hydrogens (tertiary/aromatic N) is 5. The van der Waals surface area contributed by atoms with Crippen LogP contribution in [0.3, 0.4) is 0 Å². The predicted octanol–water partition coefficient (Wildman–Crippen LogP) is 2.24. The van der Waals surface area contributed by atoms with Crippen molar-refractivity contribution >= 4 is 28.0 Å². The molecule has 0 unspecified atom stereocenters. The van der Waals surface area contributed by atoms with E-state index in [4.69, 9.17) is 4.42 Å². The molecule has 24 heavy (non-hydrogen) atoms. The van der Waals surface area contributed by atoms with Gasteiger partial charge in [0.05, 0.1) is 18.8 Å². The molecule has 0 N–H and O–H groups in total. The lowest BCUT2D eigenvalue weighted by Gasteiger charge is -2.00. The molecule has 0 bridgehead atoms. The van der Waals surface area contributed by atoms with Crippen LogP contribution < -0.4 is 5.69 Å². The van der Waals surface area contributed by atoms with Gasteiger partial charge in [0.1, 0.15) is 11.3 Å². The number of rotatable bonds is 5. The molecule has 3 aromatic rings. The van der Waals surface area contributed by atoms with Crippen molar-refractivity contribution < 1.29 is 9.34 Å². The number of aromatic nitrogens is 3. The van der Waals surface area contributed by atoms with Gasteiger partial charge in [0, 0.05) is 4.47 Å². The smallest absolute Gasteiger partial charge is 0.400 e. The minimum absolute atomic E-state index is 0.149. The molecule has 0 aliphatic heterocycles. The SMILES string of the molecule is O=c1n(Cc2ccc(Br)cc2)cnn1/N=C/c1ccc([N+](=O)[O-])o1. The molecule has 0 saturated carbocycles. The van der Waals surface area contributed by atoms with E-state index in [0.717, 1.165) is 14.8 Å². The molecule has 0 spiro atoms. The highest BCUT2D eigenvalue weighted by Crippen LogP contribution is 2.14. The van der Waals surface area contributed by atoms with Crippen LogP contribution in [0, 0.1) is 10.1 Å². The fraction of sp³-hybridized carbons (Fsp3) is 0.0714. The van der Waals surface area contributed by atoms with E-state index in [1.54, 1.807) is 0 Å². The fourth-order valence-electron chi connectivity index (χ4n) is 1.92. The Morgan fingerprint density at radius 2 is 2.04 bits per heavy atom. The molecule has 0 saturated heterocycles. The number of hydrogen-bond acceptors (Lipinski definition) is 6. The Labute approximate surface area is 143 Å². The zero-order valence-electron chi connectivity index (χ0n) is 12.1. The maximum atomic E-state index is 12.2. The lowest BCUT2D eigenvalue weighted by Crippen LogP contribution is -2.22. The first kappa shape index (κ1) is 15.9. The second-order valence-electron chi connectivity index (χ2n) is 4.74. The van der Waals surface area contributed by atoms with Crippen molar-refractivity contribution in [1.29, 1.82) is 0 Å². The Bertz CT molecular complexity index is 954. The molecule has 3 rings (SSSR count). The minimum atomic E-state index is -0.656. The standard InChI is InChI=1S/C14H10BrN5O4/c15-11-3-1-10(2-4-11)8-18-9-17-19(14(18)21)16-7-12-5-6-13(24-12)20(22)23/h1-7,9H,8H2/b16-7+. The van der Waals surface area contributed by atoms with E-state index in [-0.39, 0.29) is 5.76 Å². The lowest BCUT2D eigenvalue weighted by molar-refractivity contribution is -0.402. The van der Waals surface area contributed by atoms with Gasteiger partial charge in [0.2, 0.25) is 0 Å². The van der Waals surface area contributed by atoms with Gasteiger partial charge in [0.15, 0.2) is 5.76 Å². The second-order valence-corrected chi connectivity index (χ2v) is 5.65. The largest absolute Gasteiger partial charge is 0.433 e. The van der Waals surface area contributed by atoms with Crippen LogP contribution in [0.15, 0.2) is 61.5 Å². The minimum Gasteiger partial charge on any atom is -0.400 e. The maximum Gasteiger partial charge on any atom is 0.433 e. The normalized spacial score (nSPS) is 11.2. The molecule has 0 fully saturated rings. The summed E-state index contributed by atoms with van der Waals surface area (Å²) in [5.41, 5.74) is 0.501. The van der Waals surface area contributed by atoms with Crippen LogP contribution >= 0.6 is 15.9 Å². The van der Waals surface area contributed by atoms with Crippen LogP contribution in [0.4, 0.5) is 5.88 Å². The summed E-state index contributed by atoms with van der Waals surface area (Å²) in [4.78, 5) is 22.9. The molecule has 0 atom stereocenters. The van der Waals surface area contributed by atoms with Crippen LogP contribution in [0.5, 0.6) is 0 Å². The number of halogens is 1. The highest BCUT2D eigenvalue weighted by atomic mass is 79.9. The van der Waals surface area contributed by atoms with Crippen LogP contribution in [-0.4, -0.2) is 25.6 Å². The third-order valence-electron chi connectivity index (χ3n) is 3.07. The van der Waals surface area contributed by atoms with E-state index >= 15 is 0 Å². The van der Waals surface area contributed by atoms with E-state index < -0.39 is 16.5 Å². The number of furan rings is 1. The molecule has 2 heterocycles. The molecule has 0 aliphatic carbocycles. The summed E-state index contributed by atoms with van der Waals surface area (Å²) in [6, 6.07) is 10.1. The van der Waals surface area contributed by atoms with E-state index in [9.17, 15) is 14.9 Å². The van der Waals surface area contributed by atoms with Gasteiger partial charge in [-0.05, 0) is 23.8 Å². The van der Waals surface area contributed by atoms with Crippen LogP contribution in [0.1, 0.15) is 11.3 Å². The monoisotopic (exact) mass is 391 g/mol. The molecule has 0 radical (unpaired) electrons. The fourth-order valence-corrected chi connectivity index (χ4v) is 2.18. The highest BCUT2D eigenvalue weighted by molar-refractivity contribution is 9.10. The maximum absolute atomic E-state index is 12.2. The van der Waals surface area contributed by atoms with Crippen molar-refractivity contribution in [1.82, 2.24) is 14.5 Å². The van der Waals surface area contributed by atoms with Gasteiger partial charge in [-0.2, -0.15) is 5.10 Å². The lowest BCUT2D eigenvalue weighted by atomic mass is 10.2. The molecule has 122 valence electrons. The summed E-state index contributed by atoms with van der Waals surface area (Å²) in [5, 5.41) is 18.3. The highest BCUT2D eigenvalue weighted by Gasteiger charge is 2.10. The van der Waals surface area contributed by atoms with Crippen molar-refractivity contribution in [2.24, 2.45) is 5.10 Å². The first-order chi connectivity index (χ1) is 11.5. The Morgan fingerprint density at radius 3 is 2.71 bits per heavy atom. The third kappa shape index (κ3) is 3.49. The molecular weight excluding hydrogens is 382 g/mol. The van der Waals surface area contributed by atoms with Crippen molar-refractivity contribution in [3.05, 3.63) is 79.1 Å². The quantitative estimate of drug-likeness (QED) is 0.376. The Balaban J connectivity index is 1.76. The molecule has 1 aromatic carbocycles. The summed E-state index contributed by atoms with van der Waals surface area (Å²) in [7, 11) is 0. The van der Waals surface area contributed by atoms with E-state index in [1.165, 1.54) is 29.2 Å². The van der Waals surface area contributed by atoms with Gasteiger partial charge < -0.3 is 4.42 Å².